The molecule has 0 spiro atoms. The second kappa shape index (κ2) is 6.55. The summed E-state index contributed by atoms with van der Waals surface area (Å²) in [4.78, 5) is 0.103. The van der Waals surface area contributed by atoms with Crippen LogP contribution in [0.1, 0.15) is 5.56 Å². The second-order valence-corrected chi connectivity index (χ2v) is 6.87. The molecule has 0 radical (unpaired) electrons. The van der Waals surface area contributed by atoms with Crippen molar-refractivity contribution in [2.75, 3.05) is 7.11 Å². The largest absolute Gasteiger partial charge is 0.496 e. The van der Waals surface area contributed by atoms with Gasteiger partial charge in [0.15, 0.2) is 0 Å². The molecule has 21 heavy (non-hydrogen) atoms. The van der Waals surface area contributed by atoms with Gasteiger partial charge < -0.3 is 4.74 Å². The molecule has 112 valence electrons. The Balaban J connectivity index is 2.17. The van der Waals surface area contributed by atoms with Gasteiger partial charge in [0, 0.05) is 6.54 Å². The predicted octanol–water partition coefficient (Wildman–Crippen LogP) is 3.08. The second-order valence-electron chi connectivity index (χ2n) is 4.25. The molecule has 0 atom stereocenters. The zero-order valence-electron chi connectivity index (χ0n) is 11.1. The van der Waals surface area contributed by atoms with E-state index in [0.29, 0.717) is 15.8 Å². The van der Waals surface area contributed by atoms with Gasteiger partial charge in [-0.25, -0.2) is 17.5 Å². The van der Waals surface area contributed by atoms with Crippen molar-refractivity contribution in [3.05, 3.63) is 58.3 Å². The normalized spacial score (nSPS) is 11.4. The first-order chi connectivity index (χ1) is 9.92. The third-order valence-electron chi connectivity index (χ3n) is 2.79. The summed E-state index contributed by atoms with van der Waals surface area (Å²) in [5.74, 6) is 0.137. The Labute approximate surface area is 131 Å². The van der Waals surface area contributed by atoms with E-state index in [2.05, 4.69) is 20.7 Å². The lowest BCUT2D eigenvalue weighted by molar-refractivity contribution is 0.411. The number of benzene rings is 2. The van der Waals surface area contributed by atoms with Crippen molar-refractivity contribution in [3.8, 4) is 5.75 Å². The highest BCUT2D eigenvalue weighted by atomic mass is 79.9. The maximum atomic E-state index is 13.0. The molecule has 4 nitrogen and oxygen atoms in total. The Morgan fingerprint density at radius 2 is 2.00 bits per heavy atom. The van der Waals surface area contributed by atoms with Gasteiger partial charge in [-0.3, -0.25) is 0 Å². The highest BCUT2D eigenvalue weighted by Gasteiger charge is 2.15. The van der Waals surface area contributed by atoms with Gasteiger partial charge in [0.2, 0.25) is 10.0 Å². The minimum atomic E-state index is -3.68. The van der Waals surface area contributed by atoms with Crippen LogP contribution < -0.4 is 9.46 Å². The van der Waals surface area contributed by atoms with Crippen LogP contribution >= 0.6 is 15.9 Å². The van der Waals surface area contributed by atoms with E-state index in [-0.39, 0.29) is 11.4 Å². The monoisotopic (exact) mass is 373 g/mol. The van der Waals surface area contributed by atoms with Gasteiger partial charge in [-0.1, -0.05) is 12.1 Å². The first-order valence-electron chi connectivity index (χ1n) is 6.00. The van der Waals surface area contributed by atoms with Crippen LogP contribution in [0.4, 0.5) is 4.39 Å². The third-order valence-corrected chi connectivity index (χ3v) is 4.81. The number of ether oxygens (including phenoxy) is 1. The van der Waals surface area contributed by atoms with Gasteiger partial charge in [-0.05, 0) is 51.8 Å². The Morgan fingerprint density at radius 3 is 2.62 bits per heavy atom. The van der Waals surface area contributed by atoms with Gasteiger partial charge in [0.05, 0.1) is 16.5 Å². The summed E-state index contributed by atoms with van der Waals surface area (Å²) in [5, 5.41) is 0. The highest BCUT2D eigenvalue weighted by molar-refractivity contribution is 9.10. The maximum absolute atomic E-state index is 13.0. The molecule has 0 fully saturated rings. The van der Waals surface area contributed by atoms with E-state index in [1.807, 2.05) is 0 Å². The zero-order valence-corrected chi connectivity index (χ0v) is 13.5. The number of hydrogen-bond acceptors (Lipinski definition) is 3. The van der Waals surface area contributed by atoms with Gasteiger partial charge in [0.1, 0.15) is 11.6 Å². The van der Waals surface area contributed by atoms with Crippen LogP contribution in [0.2, 0.25) is 0 Å². The summed E-state index contributed by atoms with van der Waals surface area (Å²) in [6.07, 6.45) is 0. The molecule has 0 unspecified atom stereocenters. The quantitative estimate of drug-likeness (QED) is 0.875. The Hall–Kier alpha value is -1.44. The molecular weight excluding hydrogens is 361 g/mol. The molecule has 7 heteroatoms. The lowest BCUT2D eigenvalue weighted by atomic mass is 10.2. The SMILES string of the molecule is COc1ccc(S(=O)(=O)NCc2cccc(F)c2)cc1Br. The standard InChI is InChI=1S/C14H13BrFNO3S/c1-20-14-6-5-12(8-13(14)15)21(18,19)17-9-10-3-2-4-11(16)7-10/h2-8,17H,9H2,1H3. The summed E-state index contributed by atoms with van der Waals surface area (Å²) in [7, 11) is -2.18. The molecule has 0 aromatic heterocycles. The van der Waals surface area contributed by atoms with Crippen molar-refractivity contribution in [2.45, 2.75) is 11.4 Å². The van der Waals surface area contributed by atoms with Crippen LogP contribution in [0.25, 0.3) is 0 Å². The van der Waals surface area contributed by atoms with Crippen LogP contribution in [0, 0.1) is 5.82 Å². The molecule has 0 bridgehead atoms. The summed E-state index contributed by atoms with van der Waals surface area (Å²) >= 11 is 3.24. The molecule has 0 aliphatic rings. The average molecular weight is 374 g/mol. The lowest BCUT2D eigenvalue weighted by Crippen LogP contribution is -2.23. The number of rotatable bonds is 5. The molecule has 0 saturated carbocycles. The number of methoxy groups -OCH3 is 1. The minimum Gasteiger partial charge on any atom is -0.496 e. The Morgan fingerprint density at radius 1 is 1.24 bits per heavy atom. The maximum Gasteiger partial charge on any atom is 0.240 e. The minimum absolute atomic E-state index is 0.0176. The third kappa shape index (κ3) is 4.03. The van der Waals surface area contributed by atoms with E-state index in [1.165, 1.54) is 37.4 Å². The van der Waals surface area contributed by atoms with Crippen molar-refractivity contribution in [1.29, 1.82) is 0 Å². The molecule has 0 heterocycles. The van der Waals surface area contributed by atoms with Crippen LogP contribution in [-0.2, 0) is 16.6 Å². The molecule has 1 N–H and O–H groups in total. The van der Waals surface area contributed by atoms with E-state index in [9.17, 15) is 12.8 Å². The average Bonchev–Trinajstić information content (AvgIpc) is 2.45. The summed E-state index contributed by atoms with van der Waals surface area (Å²) in [6, 6.07) is 10.2. The number of nitrogens with one attached hydrogen (secondary N) is 1. The van der Waals surface area contributed by atoms with Crippen molar-refractivity contribution in [1.82, 2.24) is 4.72 Å². The summed E-state index contributed by atoms with van der Waals surface area (Å²) in [5.41, 5.74) is 0.547. The van der Waals surface area contributed by atoms with E-state index in [0.717, 1.165) is 0 Å². The fourth-order valence-corrected chi connectivity index (χ4v) is 3.46. The van der Waals surface area contributed by atoms with E-state index < -0.39 is 15.8 Å². The highest BCUT2D eigenvalue weighted by Crippen LogP contribution is 2.27. The van der Waals surface area contributed by atoms with Gasteiger partial charge in [-0.2, -0.15) is 0 Å². The molecule has 0 aliphatic carbocycles. The van der Waals surface area contributed by atoms with Crippen LogP contribution in [0.3, 0.4) is 0 Å². The zero-order chi connectivity index (χ0) is 15.5. The molecule has 2 aromatic carbocycles. The predicted molar refractivity (Wildman–Crippen MR) is 81.1 cm³/mol. The number of sulfonamides is 1. The molecule has 0 amide bonds. The number of halogens is 2. The lowest BCUT2D eigenvalue weighted by Gasteiger charge is -2.09. The molecule has 0 aliphatic heterocycles. The van der Waals surface area contributed by atoms with Crippen molar-refractivity contribution < 1.29 is 17.5 Å². The van der Waals surface area contributed by atoms with E-state index in [1.54, 1.807) is 12.1 Å². The van der Waals surface area contributed by atoms with Crippen LogP contribution in [0.15, 0.2) is 51.8 Å². The molecule has 2 rings (SSSR count). The first-order valence-corrected chi connectivity index (χ1v) is 8.27. The van der Waals surface area contributed by atoms with Crippen molar-refractivity contribution in [2.24, 2.45) is 0 Å². The fraction of sp³-hybridized carbons (Fsp3) is 0.143. The van der Waals surface area contributed by atoms with Crippen molar-refractivity contribution >= 4 is 26.0 Å². The van der Waals surface area contributed by atoms with Gasteiger partial charge >= 0.3 is 0 Å². The van der Waals surface area contributed by atoms with Gasteiger partial charge in [-0.15, -0.1) is 0 Å². The van der Waals surface area contributed by atoms with Crippen LogP contribution in [0.5, 0.6) is 5.75 Å². The van der Waals surface area contributed by atoms with E-state index in [4.69, 9.17) is 4.74 Å². The fourth-order valence-electron chi connectivity index (χ4n) is 1.72. The Kier molecular flexibility index (Phi) is 4.97. The Bertz CT molecular complexity index is 750. The molecule has 2 aromatic rings. The molecule has 0 saturated heterocycles. The van der Waals surface area contributed by atoms with Crippen LogP contribution in [-0.4, -0.2) is 15.5 Å². The van der Waals surface area contributed by atoms with Gasteiger partial charge in [0.25, 0.3) is 0 Å². The topological polar surface area (TPSA) is 55.4 Å². The number of hydrogen-bond donors (Lipinski definition) is 1. The van der Waals surface area contributed by atoms with Crippen molar-refractivity contribution in [3.63, 3.8) is 0 Å². The summed E-state index contributed by atoms with van der Waals surface area (Å²) in [6.45, 7) is 0.0176. The smallest absolute Gasteiger partial charge is 0.240 e. The summed E-state index contributed by atoms with van der Waals surface area (Å²) < 4.78 is 45.4. The van der Waals surface area contributed by atoms with E-state index >= 15 is 0 Å². The molecular formula is C14H13BrFNO3S. The first kappa shape index (κ1) is 15.9.